The van der Waals surface area contributed by atoms with Crippen LogP contribution in [0.15, 0.2) is 60.9 Å². The van der Waals surface area contributed by atoms with Crippen molar-refractivity contribution in [2.24, 2.45) is 0 Å². The molecule has 1 atom stereocenters. The maximum Gasteiger partial charge on any atom is 0.410 e. The van der Waals surface area contributed by atoms with Gasteiger partial charge >= 0.3 is 6.09 Å². The molecule has 1 saturated heterocycles. The van der Waals surface area contributed by atoms with E-state index >= 15 is 0 Å². The first-order chi connectivity index (χ1) is 14.6. The average molecular weight is 422 g/mol. The van der Waals surface area contributed by atoms with Gasteiger partial charge in [-0.2, -0.15) is 0 Å². The van der Waals surface area contributed by atoms with Crippen LogP contribution in [-0.2, 0) is 17.8 Å². The van der Waals surface area contributed by atoms with Gasteiger partial charge < -0.3 is 4.74 Å². The number of rotatable bonds is 5. The molecule has 6 heteroatoms. The molecule has 5 nitrogen and oxygen atoms in total. The van der Waals surface area contributed by atoms with Crippen LogP contribution < -0.4 is 0 Å². The Bertz CT molecular complexity index is 1010. The number of hydrogen-bond acceptors (Lipinski definition) is 4. The number of amides is 1. The van der Waals surface area contributed by atoms with Gasteiger partial charge in [0.2, 0.25) is 0 Å². The fourth-order valence-corrected chi connectivity index (χ4v) is 4.03. The fraction of sp³-hybridized carbons (Fsp3) is 0.292. The smallest absolute Gasteiger partial charge is 0.410 e. The van der Waals surface area contributed by atoms with E-state index in [4.69, 9.17) is 16.3 Å². The Morgan fingerprint density at radius 2 is 1.87 bits per heavy atom. The van der Waals surface area contributed by atoms with E-state index in [2.05, 4.69) is 9.97 Å². The first-order valence-electron chi connectivity index (χ1n) is 10.1. The molecular formula is C24H24ClN3O2. The normalized spacial score (nSPS) is 15.9. The summed E-state index contributed by atoms with van der Waals surface area (Å²) < 4.78 is 5.59. The van der Waals surface area contributed by atoms with Crippen molar-refractivity contribution in [3.63, 3.8) is 0 Å². The van der Waals surface area contributed by atoms with E-state index in [9.17, 15) is 4.79 Å². The summed E-state index contributed by atoms with van der Waals surface area (Å²) in [5.41, 5.74) is 5.01. The second kappa shape index (κ2) is 9.26. The highest BCUT2D eigenvalue weighted by atomic mass is 35.5. The molecule has 0 N–H and O–H groups in total. The molecule has 1 unspecified atom stereocenters. The Morgan fingerprint density at radius 3 is 2.63 bits per heavy atom. The number of likely N-dealkylation sites (tertiary alicyclic amines) is 1. The molecule has 0 radical (unpaired) electrons. The Kier molecular flexibility index (Phi) is 6.29. The first-order valence-corrected chi connectivity index (χ1v) is 10.5. The van der Waals surface area contributed by atoms with E-state index in [1.807, 2.05) is 61.5 Å². The Balaban J connectivity index is 1.54. The summed E-state index contributed by atoms with van der Waals surface area (Å²) >= 11 is 6.03. The molecule has 1 fully saturated rings. The van der Waals surface area contributed by atoms with Gasteiger partial charge in [-0.05, 0) is 43.0 Å². The molecule has 3 aromatic rings. The summed E-state index contributed by atoms with van der Waals surface area (Å²) in [5.74, 6) is 0. The molecule has 1 aromatic heterocycles. The molecule has 30 heavy (non-hydrogen) atoms. The van der Waals surface area contributed by atoms with Gasteiger partial charge in [-0.25, -0.2) is 14.8 Å². The lowest BCUT2D eigenvalue weighted by molar-refractivity contribution is 0.0913. The molecule has 1 amide bonds. The summed E-state index contributed by atoms with van der Waals surface area (Å²) in [4.78, 5) is 23.6. The summed E-state index contributed by atoms with van der Waals surface area (Å²) in [5, 5.41) is 0.711. The van der Waals surface area contributed by atoms with Crippen molar-refractivity contribution in [1.29, 1.82) is 0 Å². The molecule has 0 saturated carbocycles. The second-order valence-electron chi connectivity index (χ2n) is 7.52. The number of aryl methyl sites for hydroxylation is 1. The molecule has 154 valence electrons. The molecule has 1 aliphatic rings. The number of halogens is 1. The molecule has 0 aliphatic carbocycles. The lowest BCUT2D eigenvalue weighted by Gasteiger charge is -2.25. The largest absolute Gasteiger partial charge is 0.445 e. The van der Waals surface area contributed by atoms with Crippen molar-refractivity contribution >= 4 is 17.7 Å². The van der Waals surface area contributed by atoms with Gasteiger partial charge in [0.25, 0.3) is 0 Å². The van der Waals surface area contributed by atoms with Crippen LogP contribution in [0.5, 0.6) is 0 Å². The average Bonchev–Trinajstić information content (AvgIpc) is 3.25. The van der Waals surface area contributed by atoms with Gasteiger partial charge in [0.15, 0.2) is 0 Å². The minimum absolute atomic E-state index is 0.0997. The zero-order valence-corrected chi connectivity index (χ0v) is 17.7. The number of benzene rings is 2. The van der Waals surface area contributed by atoms with Gasteiger partial charge in [-0.15, -0.1) is 0 Å². The summed E-state index contributed by atoms with van der Waals surface area (Å²) in [7, 11) is 0. The number of hydrogen-bond donors (Lipinski definition) is 0. The van der Waals surface area contributed by atoms with Crippen molar-refractivity contribution in [1.82, 2.24) is 14.9 Å². The first kappa shape index (κ1) is 20.4. The number of nitrogens with zero attached hydrogens (tertiary/aromatic N) is 3. The summed E-state index contributed by atoms with van der Waals surface area (Å²) in [6.07, 6.45) is 3.78. The fourth-order valence-electron chi connectivity index (χ4n) is 3.90. The Hall–Kier alpha value is -2.92. The molecule has 4 rings (SSSR count). The van der Waals surface area contributed by atoms with Crippen LogP contribution in [0.3, 0.4) is 0 Å². The van der Waals surface area contributed by atoms with Crippen LogP contribution in [0.25, 0.3) is 0 Å². The maximum absolute atomic E-state index is 12.8. The lowest BCUT2D eigenvalue weighted by atomic mass is 9.97. The molecule has 1 aliphatic heterocycles. The Labute approximate surface area is 181 Å². The van der Waals surface area contributed by atoms with Crippen LogP contribution in [0.2, 0.25) is 5.02 Å². The van der Waals surface area contributed by atoms with Crippen LogP contribution in [0.4, 0.5) is 4.79 Å². The van der Waals surface area contributed by atoms with Crippen LogP contribution in [0.1, 0.15) is 47.0 Å². The van der Waals surface area contributed by atoms with E-state index in [1.54, 1.807) is 11.2 Å². The zero-order valence-electron chi connectivity index (χ0n) is 16.9. The van der Waals surface area contributed by atoms with Gasteiger partial charge in [-0.1, -0.05) is 54.1 Å². The van der Waals surface area contributed by atoms with Gasteiger partial charge in [0.1, 0.15) is 12.9 Å². The zero-order chi connectivity index (χ0) is 20.9. The van der Waals surface area contributed by atoms with Crippen molar-refractivity contribution in [2.45, 2.75) is 38.8 Å². The number of carbonyl (C=O) groups is 1. The molecule has 0 spiro atoms. The number of ether oxygens (including phenoxy) is 1. The quantitative estimate of drug-likeness (QED) is 0.545. The topological polar surface area (TPSA) is 55.3 Å². The highest BCUT2D eigenvalue weighted by Gasteiger charge is 2.34. The lowest BCUT2D eigenvalue weighted by Crippen LogP contribution is -2.32. The monoisotopic (exact) mass is 421 g/mol. The molecule has 2 aromatic carbocycles. The van der Waals surface area contributed by atoms with Crippen molar-refractivity contribution in [3.05, 3.63) is 94.0 Å². The van der Waals surface area contributed by atoms with E-state index in [-0.39, 0.29) is 18.7 Å². The molecule has 0 bridgehead atoms. The third-order valence-corrected chi connectivity index (χ3v) is 5.75. The Morgan fingerprint density at radius 1 is 1.10 bits per heavy atom. The highest BCUT2D eigenvalue weighted by Crippen LogP contribution is 2.34. The summed E-state index contributed by atoms with van der Waals surface area (Å²) in [6, 6.07) is 17.4. The van der Waals surface area contributed by atoms with E-state index in [0.29, 0.717) is 18.0 Å². The number of carbonyl (C=O) groups excluding carboxylic acids is 1. The van der Waals surface area contributed by atoms with Gasteiger partial charge in [0, 0.05) is 29.2 Å². The van der Waals surface area contributed by atoms with Crippen molar-refractivity contribution in [3.8, 4) is 0 Å². The summed E-state index contributed by atoms with van der Waals surface area (Å²) in [6.45, 7) is 2.93. The molecular weight excluding hydrogens is 398 g/mol. The van der Waals surface area contributed by atoms with Crippen molar-refractivity contribution < 1.29 is 9.53 Å². The third kappa shape index (κ3) is 4.62. The maximum atomic E-state index is 12.8. The van der Waals surface area contributed by atoms with E-state index in [0.717, 1.165) is 40.9 Å². The SMILES string of the molecule is Cc1ncnc(C2CCCN2C(=O)OCc2ccccc2)c1Cc1ccc(Cl)cc1. The second-order valence-corrected chi connectivity index (χ2v) is 7.95. The minimum atomic E-state index is -0.296. The van der Waals surface area contributed by atoms with E-state index in [1.165, 1.54) is 0 Å². The van der Waals surface area contributed by atoms with Crippen LogP contribution in [0, 0.1) is 6.92 Å². The highest BCUT2D eigenvalue weighted by molar-refractivity contribution is 6.30. The predicted octanol–water partition coefficient (Wildman–Crippen LogP) is 5.50. The predicted molar refractivity (Wildman–Crippen MR) is 116 cm³/mol. The minimum Gasteiger partial charge on any atom is -0.445 e. The van der Waals surface area contributed by atoms with Gasteiger partial charge in [0.05, 0.1) is 11.7 Å². The third-order valence-electron chi connectivity index (χ3n) is 5.50. The standard InChI is InChI=1S/C24H24ClN3O2/c1-17-21(14-18-9-11-20(25)12-10-18)23(27-16-26-17)22-8-5-13-28(22)24(29)30-15-19-6-3-2-4-7-19/h2-4,6-7,9-12,16,22H,5,8,13-15H2,1H3. The number of aromatic nitrogens is 2. The van der Waals surface area contributed by atoms with Crippen LogP contribution >= 0.6 is 11.6 Å². The van der Waals surface area contributed by atoms with Crippen molar-refractivity contribution in [2.75, 3.05) is 6.54 Å². The van der Waals surface area contributed by atoms with E-state index < -0.39 is 0 Å². The molecule has 2 heterocycles. The van der Waals surface area contributed by atoms with Crippen LogP contribution in [-0.4, -0.2) is 27.5 Å². The van der Waals surface area contributed by atoms with Gasteiger partial charge in [-0.3, -0.25) is 4.90 Å².